The Bertz CT molecular complexity index is 1020. The number of nitrogens with one attached hydrogen (secondary N) is 1. The first-order valence-corrected chi connectivity index (χ1v) is 11.1. The molecule has 3 rings (SSSR count). The van der Waals surface area contributed by atoms with E-state index in [1.54, 1.807) is 0 Å². The van der Waals surface area contributed by atoms with Gasteiger partial charge in [-0.25, -0.2) is 0 Å². The highest BCUT2D eigenvalue weighted by molar-refractivity contribution is 5.89. The van der Waals surface area contributed by atoms with Crippen molar-refractivity contribution >= 4 is 5.96 Å². The summed E-state index contributed by atoms with van der Waals surface area (Å²) in [6.45, 7) is 3.92. The molecule has 0 saturated heterocycles. The number of rotatable bonds is 12. The van der Waals surface area contributed by atoms with Gasteiger partial charge in [-0.15, -0.1) is 0 Å². The van der Waals surface area contributed by atoms with E-state index in [0.717, 1.165) is 22.3 Å². The molecular weight excluding hydrogens is 416 g/mol. The number of aliphatic hydroxyl groups is 1. The summed E-state index contributed by atoms with van der Waals surface area (Å²) in [6, 6.07) is 24.3. The topological polar surface area (TPSA) is 115 Å². The molecule has 7 heteroatoms. The van der Waals surface area contributed by atoms with Gasteiger partial charge in [-0.2, -0.15) is 0 Å². The Hall–Kier alpha value is -3.55. The number of ether oxygens (including phenoxy) is 2. The molecular formula is C26H32N4O3. The van der Waals surface area contributed by atoms with E-state index in [1.807, 2.05) is 55.5 Å². The number of aliphatic hydroxyl groups excluding tert-OH is 1. The molecule has 7 nitrogen and oxygen atoms in total. The third kappa shape index (κ3) is 6.97. The highest BCUT2D eigenvalue weighted by Crippen LogP contribution is 2.45. The molecule has 0 fully saturated rings. The van der Waals surface area contributed by atoms with Crippen molar-refractivity contribution in [3.8, 4) is 33.8 Å². The molecule has 0 aliphatic carbocycles. The van der Waals surface area contributed by atoms with Crippen molar-refractivity contribution in [3.63, 3.8) is 0 Å². The van der Waals surface area contributed by atoms with E-state index in [2.05, 4.69) is 34.6 Å². The van der Waals surface area contributed by atoms with Gasteiger partial charge in [-0.1, -0.05) is 60.7 Å². The lowest BCUT2D eigenvalue weighted by Crippen LogP contribution is -2.33. The molecule has 0 aliphatic rings. The maximum absolute atomic E-state index is 10.3. The molecule has 0 saturated carbocycles. The molecule has 3 aromatic rings. The van der Waals surface area contributed by atoms with Gasteiger partial charge in [-0.3, -0.25) is 4.99 Å². The first kappa shape index (κ1) is 24.1. The number of hydrogen-bond acceptors (Lipinski definition) is 5. The van der Waals surface area contributed by atoms with Crippen LogP contribution in [0.5, 0.6) is 11.5 Å². The largest absolute Gasteiger partial charge is 0.489 e. The van der Waals surface area contributed by atoms with Crippen LogP contribution in [0, 0.1) is 0 Å². The SMILES string of the molecule is CCOc1c(OCC(O)CNCCN=C(N)N)ccc(-c2ccccc2)c1-c1ccccc1. The second-order valence-electron chi connectivity index (χ2n) is 7.46. The first-order chi connectivity index (χ1) is 16.1. The summed E-state index contributed by atoms with van der Waals surface area (Å²) >= 11 is 0. The summed E-state index contributed by atoms with van der Waals surface area (Å²) in [6.07, 6.45) is -0.701. The Balaban J connectivity index is 1.83. The van der Waals surface area contributed by atoms with Crippen molar-refractivity contribution in [1.29, 1.82) is 0 Å². The van der Waals surface area contributed by atoms with Gasteiger partial charge in [0.25, 0.3) is 0 Å². The molecule has 0 amide bonds. The predicted molar refractivity (Wildman–Crippen MR) is 134 cm³/mol. The Morgan fingerprint density at radius 2 is 1.61 bits per heavy atom. The zero-order valence-electron chi connectivity index (χ0n) is 18.9. The zero-order valence-corrected chi connectivity index (χ0v) is 18.9. The van der Waals surface area contributed by atoms with E-state index < -0.39 is 6.10 Å². The molecule has 0 spiro atoms. The van der Waals surface area contributed by atoms with Crippen molar-refractivity contribution in [2.24, 2.45) is 16.5 Å². The highest BCUT2D eigenvalue weighted by Gasteiger charge is 2.19. The summed E-state index contributed by atoms with van der Waals surface area (Å²) in [5, 5.41) is 13.5. The lowest BCUT2D eigenvalue weighted by atomic mass is 9.93. The average molecular weight is 449 g/mol. The van der Waals surface area contributed by atoms with Crippen molar-refractivity contribution in [3.05, 3.63) is 72.8 Å². The van der Waals surface area contributed by atoms with Crippen LogP contribution >= 0.6 is 0 Å². The van der Waals surface area contributed by atoms with Crippen LogP contribution in [-0.4, -0.2) is 50.0 Å². The third-order valence-corrected chi connectivity index (χ3v) is 4.95. The number of aliphatic imine (C=N–C) groups is 1. The van der Waals surface area contributed by atoms with Crippen LogP contribution in [0.3, 0.4) is 0 Å². The number of benzene rings is 3. The fraction of sp³-hybridized carbons (Fsp3) is 0.269. The molecule has 6 N–H and O–H groups in total. The van der Waals surface area contributed by atoms with Gasteiger partial charge in [0.15, 0.2) is 17.5 Å². The zero-order chi connectivity index (χ0) is 23.5. The lowest BCUT2D eigenvalue weighted by Gasteiger charge is -2.21. The number of hydrogen-bond donors (Lipinski definition) is 4. The number of nitrogens with two attached hydrogens (primary N) is 2. The molecule has 1 atom stereocenters. The summed E-state index contributed by atoms with van der Waals surface area (Å²) in [4.78, 5) is 3.90. The van der Waals surface area contributed by atoms with Gasteiger partial charge < -0.3 is 31.4 Å². The molecule has 0 bridgehead atoms. The smallest absolute Gasteiger partial charge is 0.185 e. The number of nitrogens with zero attached hydrogens (tertiary/aromatic N) is 1. The average Bonchev–Trinajstić information content (AvgIpc) is 2.84. The van der Waals surface area contributed by atoms with E-state index in [0.29, 0.717) is 37.7 Å². The van der Waals surface area contributed by atoms with Crippen LogP contribution in [0.2, 0.25) is 0 Å². The Labute approximate surface area is 195 Å². The van der Waals surface area contributed by atoms with Gasteiger partial charge in [0, 0.05) is 18.7 Å². The van der Waals surface area contributed by atoms with Gasteiger partial charge >= 0.3 is 0 Å². The quantitative estimate of drug-likeness (QED) is 0.192. The van der Waals surface area contributed by atoms with E-state index in [4.69, 9.17) is 20.9 Å². The monoisotopic (exact) mass is 448 g/mol. The minimum absolute atomic E-state index is 0.0531. The maximum atomic E-state index is 10.3. The van der Waals surface area contributed by atoms with Crippen LogP contribution in [0.15, 0.2) is 77.8 Å². The van der Waals surface area contributed by atoms with Crippen LogP contribution in [0.25, 0.3) is 22.3 Å². The fourth-order valence-corrected chi connectivity index (χ4v) is 3.49. The summed E-state index contributed by atoms with van der Waals surface area (Å²) in [5.74, 6) is 1.31. The summed E-state index contributed by atoms with van der Waals surface area (Å²) in [5.41, 5.74) is 14.8. The van der Waals surface area contributed by atoms with E-state index in [9.17, 15) is 5.11 Å². The standard InChI is InChI=1S/C26H32N4O3/c1-2-32-25-23(33-18-21(31)17-29-15-16-30-26(27)28)14-13-22(19-9-5-3-6-10-19)24(25)20-11-7-4-8-12-20/h3-14,21,29,31H,2,15-18H2,1H3,(H4,27,28,30). The van der Waals surface area contributed by atoms with Crippen molar-refractivity contribution < 1.29 is 14.6 Å². The molecule has 0 radical (unpaired) electrons. The predicted octanol–water partition coefficient (Wildman–Crippen LogP) is 3.02. The molecule has 0 heterocycles. The Kier molecular flexibility index (Phi) is 9.11. The van der Waals surface area contributed by atoms with Crippen molar-refractivity contribution in [2.75, 3.05) is 32.8 Å². The second kappa shape index (κ2) is 12.5. The summed E-state index contributed by atoms with van der Waals surface area (Å²) < 4.78 is 12.1. The lowest BCUT2D eigenvalue weighted by molar-refractivity contribution is 0.104. The van der Waals surface area contributed by atoms with Crippen molar-refractivity contribution in [2.45, 2.75) is 13.0 Å². The molecule has 0 aromatic heterocycles. The fourth-order valence-electron chi connectivity index (χ4n) is 3.49. The van der Waals surface area contributed by atoms with E-state index in [1.165, 1.54) is 0 Å². The first-order valence-electron chi connectivity index (χ1n) is 11.1. The van der Waals surface area contributed by atoms with Gasteiger partial charge in [-0.05, 0) is 35.7 Å². The van der Waals surface area contributed by atoms with Crippen LogP contribution < -0.4 is 26.3 Å². The van der Waals surface area contributed by atoms with E-state index >= 15 is 0 Å². The number of guanidine groups is 1. The van der Waals surface area contributed by atoms with Crippen LogP contribution in [0.4, 0.5) is 0 Å². The van der Waals surface area contributed by atoms with Crippen molar-refractivity contribution in [1.82, 2.24) is 5.32 Å². The van der Waals surface area contributed by atoms with Crippen LogP contribution in [0.1, 0.15) is 6.92 Å². The molecule has 3 aromatic carbocycles. The molecule has 1 unspecified atom stereocenters. The maximum Gasteiger partial charge on any atom is 0.185 e. The van der Waals surface area contributed by atoms with Gasteiger partial charge in [0.1, 0.15) is 12.7 Å². The highest BCUT2D eigenvalue weighted by atomic mass is 16.5. The minimum Gasteiger partial charge on any atom is -0.489 e. The van der Waals surface area contributed by atoms with Gasteiger partial charge in [0.2, 0.25) is 0 Å². The second-order valence-corrected chi connectivity index (χ2v) is 7.46. The summed E-state index contributed by atoms with van der Waals surface area (Å²) in [7, 11) is 0. The Morgan fingerprint density at radius 1 is 0.939 bits per heavy atom. The molecule has 174 valence electrons. The normalized spacial score (nSPS) is 11.6. The minimum atomic E-state index is -0.701. The molecule has 0 aliphatic heterocycles. The molecule has 33 heavy (non-hydrogen) atoms. The van der Waals surface area contributed by atoms with Gasteiger partial charge in [0.05, 0.1) is 13.2 Å². The Morgan fingerprint density at radius 3 is 2.24 bits per heavy atom. The third-order valence-electron chi connectivity index (χ3n) is 4.95. The van der Waals surface area contributed by atoms with E-state index in [-0.39, 0.29) is 12.6 Å². The van der Waals surface area contributed by atoms with Crippen LogP contribution in [-0.2, 0) is 0 Å².